The molecule has 6 heteroatoms. The molecule has 4 rings (SSSR count). The third-order valence-corrected chi connectivity index (χ3v) is 6.40. The van der Waals surface area contributed by atoms with Gasteiger partial charge in [0.15, 0.2) is 0 Å². The van der Waals surface area contributed by atoms with Crippen LogP contribution in [0.2, 0.25) is 0 Å². The Morgan fingerprint density at radius 2 is 1.63 bits per heavy atom. The zero-order valence-electron chi connectivity index (χ0n) is 20.9. The van der Waals surface area contributed by atoms with Crippen molar-refractivity contribution in [1.82, 2.24) is 4.98 Å². The maximum atomic E-state index is 13.5. The second-order valence-electron chi connectivity index (χ2n) is 9.36. The molecule has 1 amide bonds. The number of aliphatic hydroxyl groups excluding tert-OH is 1. The van der Waals surface area contributed by atoms with Gasteiger partial charge >= 0.3 is 0 Å². The smallest absolute Gasteiger partial charge is 0.300 e. The van der Waals surface area contributed by atoms with Crippen molar-refractivity contribution in [2.75, 3.05) is 12.0 Å². The molecule has 1 aliphatic rings. The fraction of sp³-hybridized carbons (Fsp3) is 0.276. The highest BCUT2D eigenvalue weighted by Gasteiger charge is 2.47. The third-order valence-electron chi connectivity index (χ3n) is 6.40. The van der Waals surface area contributed by atoms with E-state index in [0.29, 0.717) is 16.8 Å². The van der Waals surface area contributed by atoms with Crippen molar-refractivity contribution in [2.24, 2.45) is 0 Å². The van der Waals surface area contributed by atoms with E-state index < -0.39 is 17.7 Å². The molecule has 2 aromatic carbocycles. The summed E-state index contributed by atoms with van der Waals surface area (Å²) in [7, 11) is 1.61. The minimum Gasteiger partial charge on any atom is -0.507 e. The van der Waals surface area contributed by atoms with Gasteiger partial charge in [-0.2, -0.15) is 0 Å². The maximum Gasteiger partial charge on any atom is 0.300 e. The highest BCUT2D eigenvalue weighted by atomic mass is 16.5. The molecule has 0 radical (unpaired) electrons. The molecule has 0 saturated carbocycles. The number of carbonyl (C=O) groups is 2. The number of pyridine rings is 1. The van der Waals surface area contributed by atoms with Gasteiger partial charge in [-0.1, -0.05) is 19.9 Å². The highest BCUT2D eigenvalue weighted by Crippen LogP contribution is 2.43. The maximum absolute atomic E-state index is 13.5. The molecule has 0 bridgehead atoms. The molecule has 1 fully saturated rings. The quantitative estimate of drug-likeness (QED) is 0.291. The van der Waals surface area contributed by atoms with E-state index in [1.807, 2.05) is 65.0 Å². The molecule has 6 nitrogen and oxygen atoms in total. The van der Waals surface area contributed by atoms with Crippen LogP contribution >= 0.6 is 0 Å². The largest absolute Gasteiger partial charge is 0.507 e. The molecule has 35 heavy (non-hydrogen) atoms. The van der Waals surface area contributed by atoms with Gasteiger partial charge in [0.1, 0.15) is 11.5 Å². The molecular formula is C29H30N2O4. The van der Waals surface area contributed by atoms with Crippen molar-refractivity contribution in [3.63, 3.8) is 0 Å². The Bertz CT molecular complexity index is 1320. The predicted molar refractivity (Wildman–Crippen MR) is 137 cm³/mol. The molecule has 180 valence electrons. The fourth-order valence-electron chi connectivity index (χ4n) is 4.78. The van der Waals surface area contributed by atoms with Crippen LogP contribution in [0.3, 0.4) is 0 Å². The van der Waals surface area contributed by atoms with E-state index >= 15 is 0 Å². The number of benzene rings is 2. The number of hydrogen-bond acceptors (Lipinski definition) is 5. The Hall–Kier alpha value is -3.93. The Morgan fingerprint density at radius 3 is 2.20 bits per heavy atom. The third kappa shape index (κ3) is 4.32. The number of methoxy groups -OCH3 is 1. The van der Waals surface area contributed by atoms with E-state index in [9.17, 15) is 14.7 Å². The number of rotatable bonds is 5. The van der Waals surface area contributed by atoms with Gasteiger partial charge in [-0.15, -0.1) is 0 Å². The second-order valence-corrected chi connectivity index (χ2v) is 9.36. The van der Waals surface area contributed by atoms with Crippen LogP contribution in [0.4, 0.5) is 5.69 Å². The number of aromatic nitrogens is 1. The number of aryl methyl sites for hydroxylation is 3. The van der Waals surface area contributed by atoms with E-state index in [1.54, 1.807) is 31.6 Å². The first-order valence-corrected chi connectivity index (χ1v) is 11.6. The first-order valence-electron chi connectivity index (χ1n) is 11.6. The van der Waals surface area contributed by atoms with Gasteiger partial charge in [0.25, 0.3) is 11.7 Å². The van der Waals surface area contributed by atoms with Crippen LogP contribution in [0.15, 0.2) is 60.4 Å². The molecule has 1 N–H and O–H groups in total. The molecule has 1 saturated heterocycles. The Balaban J connectivity index is 1.99. The van der Waals surface area contributed by atoms with Crippen LogP contribution in [0, 0.1) is 20.8 Å². The highest BCUT2D eigenvalue weighted by molar-refractivity contribution is 6.51. The summed E-state index contributed by atoms with van der Waals surface area (Å²) in [6, 6.07) is 12.2. The fourth-order valence-corrected chi connectivity index (χ4v) is 4.78. The normalized spacial score (nSPS) is 17.3. The van der Waals surface area contributed by atoms with Crippen LogP contribution in [0.25, 0.3) is 5.76 Å². The van der Waals surface area contributed by atoms with Gasteiger partial charge < -0.3 is 9.84 Å². The number of carbonyl (C=O) groups excluding carboxylic acids is 2. The van der Waals surface area contributed by atoms with Crippen molar-refractivity contribution in [3.8, 4) is 5.75 Å². The summed E-state index contributed by atoms with van der Waals surface area (Å²) in [4.78, 5) is 32.4. The topological polar surface area (TPSA) is 79.7 Å². The molecule has 2 heterocycles. The monoisotopic (exact) mass is 470 g/mol. The molecule has 0 spiro atoms. The van der Waals surface area contributed by atoms with E-state index in [-0.39, 0.29) is 17.3 Å². The number of nitrogens with zero attached hydrogens (tertiary/aromatic N) is 2. The van der Waals surface area contributed by atoms with E-state index in [0.717, 1.165) is 28.0 Å². The van der Waals surface area contributed by atoms with Crippen LogP contribution in [-0.4, -0.2) is 28.9 Å². The molecule has 1 aromatic heterocycles. The van der Waals surface area contributed by atoms with Gasteiger partial charge in [0, 0.05) is 23.6 Å². The Labute approximate surface area is 205 Å². The number of ketones is 1. The molecule has 1 unspecified atom stereocenters. The van der Waals surface area contributed by atoms with Gasteiger partial charge in [-0.05, 0) is 90.9 Å². The van der Waals surface area contributed by atoms with Crippen LogP contribution in [0.5, 0.6) is 5.75 Å². The second kappa shape index (κ2) is 9.37. The van der Waals surface area contributed by atoms with E-state index in [1.165, 1.54) is 4.90 Å². The number of amides is 1. The molecule has 0 aliphatic carbocycles. The number of Topliss-reactive ketones (excluding diaryl/α,β-unsaturated/α-hetero) is 1. The molecule has 3 aromatic rings. The lowest BCUT2D eigenvalue weighted by Gasteiger charge is -2.26. The van der Waals surface area contributed by atoms with Gasteiger partial charge in [0.2, 0.25) is 0 Å². The average molecular weight is 471 g/mol. The van der Waals surface area contributed by atoms with Gasteiger partial charge in [-0.25, -0.2) is 0 Å². The lowest BCUT2D eigenvalue weighted by atomic mass is 9.91. The summed E-state index contributed by atoms with van der Waals surface area (Å²) >= 11 is 0. The SMILES string of the molecule is COc1cc(C)c(/C(O)=C2\C(=O)C(=O)N(c3cc(C)cc(C)c3)C2c2ccncc2)cc1C(C)C. The summed E-state index contributed by atoms with van der Waals surface area (Å²) in [5.41, 5.74) is 5.47. The van der Waals surface area contributed by atoms with Gasteiger partial charge in [0.05, 0.1) is 18.7 Å². The summed E-state index contributed by atoms with van der Waals surface area (Å²) in [6.45, 7) is 9.81. The average Bonchev–Trinajstić information content (AvgIpc) is 3.08. The van der Waals surface area contributed by atoms with E-state index in [4.69, 9.17) is 4.74 Å². The number of anilines is 1. The molecule has 1 atom stereocenters. The number of aliphatic hydroxyl groups is 1. The molecule has 1 aliphatic heterocycles. The zero-order chi connectivity index (χ0) is 25.4. The van der Waals surface area contributed by atoms with Crippen molar-refractivity contribution >= 4 is 23.1 Å². The summed E-state index contributed by atoms with van der Waals surface area (Å²) in [5.74, 6) is -0.737. The van der Waals surface area contributed by atoms with E-state index in [2.05, 4.69) is 4.98 Å². The lowest BCUT2D eigenvalue weighted by molar-refractivity contribution is -0.132. The zero-order valence-corrected chi connectivity index (χ0v) is 20.9. The van der Waals surface area contributed by atoms with Crippen LogP contribution < -0.4 is 9.64 Å². The number of hydrogen-bond donors (Lipinski definition) is 1. The van der Waals surface area contributed by atoms with Gasteiger partial charge in [-0.3, -0.25) is 19.5 Å². The first kappa shape index (κ1) is 24.2. The lowest BCUT2D eigenvalue weighted by Crippen LogP contribution is -2.29. The van der Waals surface area contributed by atoms with Crippen molar-refractivity contribution in [1.29, 1.82) is 0 Å². The first-order chi connectivity index (χ1) is 16.6. The number of ether oxygens (including phenoxy) is 1. The predicted octanol–water partition coefficient (Wildman–Crippen LogP) is 5.77. The van der Waals surface area contributed by atoms with Crippen LogP contribution in [0.1, 0.15) is 59.2 Å². The summed E-state index contributed by atoms with van der Waals surface area (Å²) in [5, 5.41) is 11.6. The van der Waals surface area contributed by atoms with Crippen molar-refractivity contribution in [2.45, 2.75) is 46.6 Å². The minimum atomic E-state index is -0.789. The Kier molecular flexibility index (Phi) is 6.48. The van der Waals surface area contributed by atoms with Crippen molar-refractivity contribution < 1.29 is 19.4 Å². The minimum absolute atomic E-state index is 0.0586. The standard InChI is InChI=1S/C29H30N2O4/c1-16(2)22-15-23(19(5)14-24(22)35-6)27(32)25-26(20-7-9-30-10-8-20)31(29(34)28(25)33)21-12-17(3)11-18(4)13-21/h7-16,26,32H,1-6H3/b27-25+. The van der Waals surface area contributed by atoms with Crippen LogP contribution in [-0.2, 0) is 9.59 Å². The summed E-state index contributed by atoms with van der Waals surface area (Å²) < 4.78 is 5.54. The Morgan fingerprint density at radius 1 is 1.00 bits per heavy atom. The summed E-state index contributed by atoms with van der Waals surface area (Å²) in [6.07, 6.45) is 3.24. The van der Waals surface area contributed by atoms with Crippen molar-refractivity contribution in [3.05, 3.63) is 93.8 Å². The molecular weight excluding hydrogens is 440 g/mol.